The molecule has 2 aromatic rings. The molecule has 0 saturated heterocycles. The number of benzene rings is 2. The van der Waals surface area contributed by atoms with Gasteiger partial charge in [0.15, 0.2) is 0 Å². The van der Waals surface area contributed by atoms with E-state index in [1.165, 1.54) is 0 Å². The van der Waals surface area contributed by atoms with E-state index in [2.05, 4.69) is 15.9 Å². The summed E-state index contributed by atoms with van der Waals surface area (Å²) < 4.78 is 0.942. The van der Waals surface area contributed by atoms with Crippen LogP contribution >= 0.6 is 15.9 Å². The normalized spacial score (nSPS) is 9.68. The van der Waals surface area contributed by atoms with Crippen LogP contribution in [-0.2, 0) is 4.79 Å². The Morgan fingerprint density at radius 2 is 1.63 bits per heavy atom. The number of halogens is 1. The first-order chi connectivity index (χ1) is 9.22. The van der Waals surface area contributed by atoms with Gasteiger partial charge in [-0.3, -0.25) is 9.69 Å². The van der Waals surface area contributed by atoms with E-state index >= 15 is 0 Å². The highest BCUT2D eigenvalue weighted by Crippen LogP contribution is 2.27. The number of anilines is 2. The van der Waals surface area contributed by atoms with Crippen LogP contribution in [0, 0.1) is 11.3 Å². The lowest BCUT2D eigenvalue weighted by Crippen LogP contribution is -2.25. The van der Waals surface area contributed by atoms with Crippen molar-refractivity contribution in [2.75, 3.05) is 4.90 Å². The van der Waals surface area contributed by atoms with E-state index < -0.39 is 0 Å². The Morgan fingerprint density at radius 1 is 1.05 bits per heavy atom. The highest BCUT2D eigenvalue weighted by molar-refractivity contribution is 9.10. The van der Waals surface area contributed by atoms with Crippen molar-refractivity contribution in [1.82, 2.24) is 0 Å². The fraction of sp³-hybridized carbons (Fsp3) is 0.0667. The van der Waals surface area contributed by atoms with Crippen LogP contribution in [0.3, 0.4) is 0 Å². The number of amides is 1. The molecule has 0 spiro atoms. The zero-order chi connectivity index (χ0) is 13.7. The van der Waals surface area contributed by atoms with Crippen LogP contribution in [0.4, 0.5) is 11.4 Å². The third-order valence-corrected chi connectivity index (χ3v) is 3.11. The molecule has 0 fully saturated rings. The molecule has 0 aliphatic carbocycles. The zero-order valence-corrected chi connectivity index (χ0v) is 11.7. The fourth-order valence-electron chi connectivity index (χ4n) is 1.75. The average molecular weight is 315 g/mol. The molecular weight excluding hydrogens is 304 g/mol. The summed E-state index contributed by atoms with van der Waals surface area (Å²) in [6.45, 7) is 0. The monoisotopic (exact) mass is 314 g/mol. The number of para-hydroxylation sites is 1. The van der Waals surface area contributed by atoms with Crippen molar-refractivity contribution in [2.45, 2.75) is 6.42 Å². The molecule has 94 valence electrons. The van der Waals surface area contributed by atoms with Gasteiger partial charge in [-0.05, 0) is 36.4 Å². The lowest BCUT2D eigenvalue weighted by molar-refractivity contribution is -0.116. The van der Waals surface area contributed by atoms with Crippen molar-refractivity contribution in [2.24, 2.45) is 0 Å². The van der Waals surface area contributed by atoms with Gasteiger partial charge in [0.1, 0.15) is 6.42 Å². The van der Waals surface area contributed by atoms with E-state index in [4.69, 9.17) is 5.26 Å². The van der Waals surface area contributed by atoms with E-state index in [0.717, 1.165) is 15.8 Å². The number of carbonyl (C=O) groups excluding carboxylic acids is 1. The number of hydrogen-bond donors (Lipinski definition) is 0. The van der Waals surface area contributed by atoms with Crippen LogP contribution in [0.1, 0.15) is 6.42 Å². The predicted octanol–water partition coefficient (Wildman–Crippen LogP) is 4.03. The minimum atomic E-state index is -0.240. The molecular formula is C15H11BrN2O. The van der Waals surface area contributed by atoms with Crippen LogP contribution in [0.15, 0.2) is 59.1 Å². The van der Waals surface area contributed by atoms with Gasteiger partial charge in [-0.2, -0.15) is 5.26 Å². The largest absolute Gasteiger partial charge is 0.280 e. The molecule has 4 heteroatoms. The Bertz CT molecular complexity index is 602. The van der Waals surface area contributed by atoms with Gasteiger partial charge >= 0.3 is 0 Å². The van der Waals surface area contributed by atoms with Crippen LogP contribution in [0.5, 0.6) is 0 Å². The Balaban J connectivity index is 2.43. The third kappa shape index (κ3) is 3.21. The Kier molecular flexibility index (Phi) is 4.32. The average Bonchev–Trinajstić information content (AvgIpc) is 2.43. The van der Waals surface area contributed by atoms with Gasteiger partial charge in [0.05, 0.1) is 6.07 Å². The van der Waals surface area contributed by atoms with Gasteiger partial charge in [0.2, 0.25) is 5.91 Å². The molecule has 3 nitrogen and oxygen atoms in total. The van der Waals surface area contributed by atoms with E-state index in [9.17, 15) is 4.79 Å². The Hall–Kier alpha value is -2.12. The SMILES string of the molecule is N#CCC(=O)N(c1ccccc1)c1ccc(Br)cc1. The summed E-state index contributed by atoms with van der Waals surface area (Å²) in [7, 11) is 0. The summed E-state index contributed by atoms with van der Waals surface area (Å²) >= 11 is 3.36. The first kappa shape index (κ1) is 13.3. The summed E-state index contributed by atoms with van der Waals surface area (Å²) in [5.74, 6) is -0.240. The highest BCUT2D eigenvalue weighted by Gasteiger charge is 2.17. The number of hydrogen-bond acceptors (Lipinski definition) is 2. The van der Waals surface area contributed by atoms with Crippen molar-refractivity contribution in [3.05, 3.63) is 59.1 Å². The second kappa shape index (κ2) is 6.17. The van der Waals surface area contributed by atoms with E-state index in [1.54, 1.807) is 4.90 Å². The number of carbonyl (C=O) groups is 1. The molecule has 0 aromatic heterocycles. The molecule has 0 heterocycles. The second-order valence-electron chi connectivity index (χ2n) is 3.88. The molecule has 0 saturated carbocycles. The minimum Gasteiger partial charge on any atom is -0.280 e. The van der Waals surface area contributed by atoms with Crippen molar-refractivity contribution in [1.29, 1.82) is 5.26 Å². The predicted molar refractivity (Wildman–Crippen MR) is 78.0 cm³/mol. The minimum absolute atomic E-state index is 0.148. The molecule has 0 aliphatic heterocycles. The van der Waals surface area contributed by atoms with Crippen LogP contribution < -0.4 is 4.90 Å². The van der Waals surface area contributed by atoms with Crippen LogP contribution in [0.25, 0.3) is 0 Å². The molecule has 0 aliphatic rings. The Labute approximate surface area is 120 Å². The number of nitriles is 1. The first-order valence-corrected chi connectivity index (χ1v) is 6.52. The molecule has 0 bridgehead atoms. The van der Waals surface area contributed by atoms with Gasteiger partial charge in [-0.25, -0.2) is 0 Å². The van der Waals surface area contributed by atoms with Gasteiger partial charge in [-0.15, -0.1) is 0 Å². The van der Waals surface area contributed by atoms with E-state index in [1.807, 2.05) is 60.7 Å². The van der Waals surface area contributed by atoms with Crippen molar-refractivity contribution in [3.63, 3.8) is 0 Å². The third-order valence-electron chi connectivity index (χ3n) is 2.58. The maximum absolute atomic E-state index is 12.1. The summed E-state index contributed by atoms with van der Waals surface area (Å²) in [6.07, 6.45) is -0.148. The van der Waals surface area contributed by atoms with Gasteiger partial charge in [-0.1, -0.05) is 34.1 Å². The summed E-state index contributed by atoms with van der Waals surface area (Å²) in [5, 5.41) is 8.72. The van der Waals surface area contributed by atoms with Crippen molar-refractivity contribution >= 4 is 33.2 Å². The van der Waals surface area contributed by atoms with Gasteiger partial charge < -0.3 is 0 Å². The van der Waals surface area contributed by atoms with Crippen molar-refractivity contribution < 1.29 is 4.79 Å². The number of rotatable bonds is 3. The molecule has 1 amide bonds. The molecule has 0 atom stereocenters. The van der Waals surface area contributed by atoms with Gasteiger partial charge in [0, 0.05) is 15.8 Å². The standard InChI is InChI=1S/C15H11BrN2O/c16-12-6-8-14(9-7-12)18(15(19)10-11-17)13-4-2-1-3-5-13/h1-9H,10H2. The molecule has 0 N–H and O–H groups in total. The fourth-order valence-corrected chi connectivity index (χ4v) is 2.02. The lowest BCUT2D eigenvalue weighted by atomic mass is 10.2. The zero-order valence-electron chi connectivity index (χ0n) is 10.1. The molecule has 0 unspecified atom stereocenters. The quantitative estimate of drug-likeness (QED) is 0.858. The highest BCUT2D eigenvalue weighted by atomic mass is 79.9. The van der Waals surface area contributed by atoms with E-state index in [-0.39, 0.29) is 12.3 Å². The molecule has 2 rings (SSSR count). The second-order valence-corrected chi connectivity index (χ2v) is 4.79. The van der Waals surface area contributed by atoms with Crippen LogP contribution in [0.2, 0.25) is 0 Å². The van der Waals surface area contributed by atoms with Crippen molar-refractivity contribution in [3.8, 4) is 6.07 Å². The first-order valence-electron chi connectivity index (χ1n) is 5.73. The topological polar surface area (TPSA) is 44.1 Å². The van der Waals surface area contributed by atoms with E-state index in [0.29, 0.717) is 0 Å². The smallest absolute Gasteiger partial charge is 0.245 e. The summed E-state index contributed by atoms with van der Waals surface area (Å²) in [4.78, 5) is 13.7. The molecule has 2 aromatic carbocycles. The molecule has 19 heavy (non-hydrogen) atoms. The maximum Gasteiger partial charge on any atom is 0.245 e. The lowest BCUT2D eigenvalue weighted by Gasteiger charge is -2.22. The summed E-state index contributed by atoms with van der Waals surface area (Å²) in [6, 6.07) is 18.6. The summed E-state index contributed by atoms with van der Waals surface area (Å²) in [5.41, 5.74) is 1.50. The Morgan fingerprint density at radius 3 is 2.21 bits per heavy atom. The molecule has 0 radical (unpaired) electrons. The van der Waals surface area contributed by atoms with Gasteiger partial charge in [0.25, 0.3) is 0 Å². The maximum atomic E-state index is 12.1. The number of nitrogens with zero attached hydrogens (tertiary/aromatic N) is 2. The van der Waals surface area contributed by atoms with Crippen LogP contribution in [-0.4, -0.2) is 5.91 Å².